The molecular weight excluding hydrogens is 304 g/mol. The lowest BCUT2D eigenvalue weighted by Gasteiger charge is -2.17. The Balaban J connectivity index is 2.60. The van der Waals surface area contributed by atoms with E-state index in [0.717, 1.165) is 30.2 Å². The fraction of sp³-hybridized carbons (Fsp3) is 0.556. The molecule has 3 N–H and O–H groups in total. The van der Waals surface area contributed by atoms with Crippen LogP contribution >= 0.6 is 0 Å². The molecule has 0 spiro atoms. The van der Waals surface area contributed by atoms with Crippen molar-refractivity contribution in [3.63, 3.8) is 0 Å². The summed E-state index contributed by atoms with van der Waals surface area (Å²) in [7, 11) is 1.68. The highest BCUT2D eigenvalue weighted by Gasteiger charge is 2.04. The molecule has 0 heterocycles. The predicted octanol–water partition coefficient (Wildman–Crippen LogP) is 2.52. The second-order valence-corrected chi connectivity index (χ2v) is 5.69. The number of benzene rings is 1. The van der Waals surface area contributed by atoms with Crippen molar-refractivity contribution in [2.75, 3.05) is 25.6 Å². The number of carbonyl (C=O) groups excluding carboxylic acids is 1. The lowest BCUT2D eigenvalue weighted by molar-refractivity contribution is -0.116. The molecule has 0 saturated carbocycles. The molecule has 1 unspecified atom stereocenters. The van der Waals surface area contributed by atoms with Crippen molar-refractivity contribution in [3.05, 3.63) is 29.8 Å². The molecule has 6 nitrogen and oxygen atoms in total. The van der Waals surface area contributed by atoms with E-state index in [1.54, 1.807) is 7.11 Å². The largest absolute Gasteiger partial charge is 0.383 e. The summed E-state index contributed by atoms with van der Waals surface area (Å²) in [6.45, 7) is 8.06. The van der Waals surface area contributed by atoms with Gasteiger partial charge in [0, 0.05) is 31.8 Å². The quantitative estimate of drug-likeness (QED) is 0.479. The summed E-state index contributed by atoms with van der Waals surface area (Å²) in [6.07, 6.45) is 1.39. The van der Waals surface area contributed by atoms with Crippen molar-refractivity contribution in [1.82, 2.24) is 10.6 Å². The number of ether oxygens (including phenoxy) is 1. The van der Waals surface area contributed by atoms with Gasteiger partial charge in [0.05, 0.1) is 13.2 Å². The molecule has 1 atom stereocenters. The van der Waals surface area contributed by atoms with Crippen molar-refractivity contribution in [2.24, 2.45) is 4.99 Å². The maximum Gasteiger partial charge on any atom is 0.224 e. The van der Waals surface area contributed by atoms with Gasteiger partial charge in [0.1, 0.15) is 0 Å². The number of nitrogens with zero attached hydrogens (tertiary/aromatic N) is 1. The van der Waals surface area contributed by atoms with Gasteiger partial charge in [-0.2, -0.15) is 0 Å². The van der Waals surface area contributed by atoms with Gasteiger partial charge >= 0.3 is 0 Å². The van der Waals surface area contributed by atoms with Gasteiger partial charge in [0.25, 0.3) is 0 Å². The van der Waals surface area contributed by atoms with E-state index >= 15 is 0 Å². The van der Waals surface area contributed by atoms with Gasteiger partial charge in [-0.25, -0.2) is 4.99 Å². The summed E-state index contributed by atoms with van der Waals surface area (Å²) in [5.74, 6) is 0.816. The van der Waals surface area contributed by atoms with Crippen molar-refractivity contribution >= 4 is 17.6 Å². The number of anilines is 1. The monoisotopic (exact) mass is 334 g/mol. The second-order valence-electron chi connectivity index (χ2n) is 5.69. The zero-order valence-corrected chi connectivity index (χ0v) is 15.2. The fourth-order valence-electron chi connectivity index (χ4n) is 2.16. The van der Waals surface area contributed by atoms with Gasteiger partial charge < -0.3 is 20.7 Å². The average Bonchev–Trinajstić information content (AvgIpc) is 2.54. The zero-order chi connectivity index (χ0) is 17.8. The number of hydrogen-bond acceptors (Lipinski definition) is 3. The summed E-state index contributed by atoms with van der Waals surface area (Å²) in [5.41, 5.74) is 1.90. The van der Waals surface area contributed by atoms with Crippen LogP contribution < -0.4 is 16.0 Å². The van der Waals surface area contributed by atoms with Gasteiger partial charge in [-0.1, -0.05) is 19.1 Å². The molecule has 1 aromatic carbocycles. The second kappa shape index (κ2) is 11.5. The van der Waals surface area contributed by atoms with Crippen LogP contribution in [0.2, 0.25) is 0 Å². The Morgan fingerprint density at radius 1 is 1.25 bits per heavy atom. The molecule has 24 heavy (non-hydrogen) atoms. The number of methoxy groups -OCH3 is 1. The van der Waals surface area contributed by atoms with Gasteiger partial charge in [0.15, 0.2) is 5.96 Å². The predicted molar refractivity (Wildman–Crippen MR) is 99.3 cm³/mol. The molecule has 0 bridgehead atoms. The molecule has 0 aliphatic carbocycles. The third kappa shape index (κ3) is 7.97. The first-order valence-corrected chi connectivity index (χ1v) is 8.51. The summed E-state index contributed by atoms with van der Waals surface area (Å²) in [4.78, 5) is 16.2. The smallest absolute Gasteiger partial charge is 0.224 e. The van der Waals surface area contributed by atoms with E-state index in [4.69, 9.17) is 4.74 Å². The lowest BCUT2D eigenvalue weighted by atomic mass is 10.2. The standard InChI is InChI=1S/C18H30N4O2/c1-5-7-17(23)22-16-10-8-15(9-11-16)12-20-18(19-6-2)21-14(3)13-24-4/h8-11,14H,5-7,12-13H2,1-4H3,(H,22,23)(H2,19,20,21). The van der Waals surface area contributed by atoms with Gasteiger partial charge in [-0.15, -0.1) is 0 Å². The molecule has 0 aliphatic rings. The highest BCUT2D eigenvalue weighted by Crippen LogP contribution is 2.11. The van der Waals surface area contributed by atoms with Crippen LogP contribution in [0.25, 0.3) is 0 Å². The molecule has 0 radical (unpaired) electrons. The summed E-state index contributed by atoms with van der Waals surface area (Å²) in [6, 6.07) is 7.96. The number of aliphatic imine (C=N–C) groups is 1. The number of amides is 1. The molecule has 1 rings (SSSR count). The number of carbonyl (C=O) groups is 1. The van der Waals surface area contributed by atoms with Crippen molar-refractivity contribution in [2.45, 2.75) is 46.2 Å². The lowest BCUT2D eigenvalue weighted by Crippen LogP contribution is -2.43. The van der Waals surface area contributed by atoms with E-state index < -0.39 is 0 Å². The number of rotatable bonds is 9. The van der Waals surface area contributed by atoms with Crippen LogP contribution in [0, 0.1) is 0 Å². The SMILES string of the molecule is CCCC(=O)Nc1ccc(CN=C(NCC)NC(C)COC)cc1. The minimum absolute atomic E-state index is 0.0500. The minimum Gasteiger partial charge on any atom is -0.383 e. The highest BCUT2D eigenvalue weighted by atomic mass is 16.5. The van der Waals surface area contributed by atoms with E-state index in [9.17, 15) is 4.79 Å². The summed E-state index contributed by atoms with van der Waals surface area (Å²) >= 11 is 0. The Hall–Kier alpha value is -2.08. The van der Waals surface area contributed by atoms with Crippen molar-refractivity contribution in [1.29, 1.82) is 0 Å². The van der Waals surface area contributed by atoms with E-state index in [1.807, 2.05) is 45.0 Å². The molecule has 1 aromatic rings. The van der Waals surface area contributed by atoms with Crippen LogP contribution in [0.3, 0.4) is 0 Å². The summed E-state index contributed by atoms with van der Waals surface area (Å²) < 4.78 is 5.13. The Kier molecular flexibility index (Phi) is 9.53. The number of hydrogen-bond donors (Lipinski definition) is 3. The van der Waals surface area contributed by atoms with Crippen LogP contribution in [0.4, 0.5) is 5.69 Å². The average molecular weight is 334 g/mol. The molecule has 0 fully saturated rings. The van der Waals surface area contributed by atoms with E-state index in [1.165, 1.54) is 0 Å². The van der Waals surface area contributed by atoms with E-state index in [0.29, 0.717) is 19.6 Å². The van der Waals surface area contributed by atoms with Crippen LogP contribution in [0.15, 0.2) is 29.3 Å². The number of nitrogens with one attached hydrogen (secondary N) is 3. The molecule has 134 valence electrons. The minimum atomic E-state index is 0.0500. The number of guanidine groups is 1. The molecule has 0 saturated heterocycles. The third-order valence-corrected chi connectivity index (χ3v) is 3.28. The maximum atomic E-state index is 11.6. The van der Waals surface area contributed by atoms with Gasteiger partial charge in [-0.05, 0) is 38.0 Å². The first-order valence-electron chi connectivity index (χ1n) is 8.51. The van der Waals surface area contributed by atoms with Gasteiger partial charge in [-0.3, -0.25) is 4.79 Å². The van der Waals surface area contributed by atoms with E-state index in [2.05, 4.69) is 20.9 Å². The Morgan fingerprint density at radius 2 is 1.96 bits per heavy atom. The van der Waals surface area contributed by atoms with Crippen molar-refractivity contribution in [3.8, 4) is 0 Å². The first kappa shape index (κ1) is 20.0. The Bertz CT molecular complexity index is 514. The molecule has 0 aromatic heterocycles. The molecule has 6 heteroatoms. The molecule has 0 aliphatic heterocycles. The molecular formula is C18H30N4O2. The van der Waals surface area contributed by atoms with Crippen molar-refractivity contribution < 1.29 is 9.53 Å². The topological polar surface area (TPSA) is 74.8 Å². The van der Waals surface area contributed by atoms with Crippen LogP contribution in [-0.2, 0) is 16.1 Å². The van der Waals surface area contributed by atoms with Crippen LogP contribution in [-0.4, -0.2) is 38.2 Å². The normalized spacial score (nSPS) is 12.6. The van der Waals surface area contributed by atoms with Gasteiger partial charge in [0.2, 0.25) is 5.91 Å². The third-order valence-electron chi connectivity index (χ3n) is 3.28. The highest BCUT2D eigenvalue weighted by molar-refractivity contribution is 5.90. The first-order chi connectivity index (χ1) is 11.6. The molecule has 1 amide bonds. The fourth-order valence-corrected chi connectivity index (χ4v) is 2.16. The zero-order valence-electron chi connectivity index (χ0n) is 15.2. The Morgan fingerprint density at radius 3 is 2.54 bits per heavy atom. The van der Waals surface area contributed by atoms with E-state index in [-0.39, 0.29) is 11.9 Å². The maximum absolute atomic E-state index is 11.6. The Labute approximate surface area is 145 Å². The van der Waals surface area contributed by atoms with Crippen LogP contribution in [0.1, 0.15) is 39.2 Å². The summed E-state index contributed by atoms with van der Waals surface area (Å²) in [5, 5.41) is 9.40. The van der Waals surface area contributed by atoms with Crippen LogP contribution in [0.5, 0.6) is 0 Å².